The normalized spacial score (nSPS) is 12.3. The number of benzene rings is 3. The largest absolute Gasteiger partial charge is 0.378 e. The van der Waals surface area contributed by atoms with Crippen LogP contribution in [0.3, 0.4) is 0 Å². The Labute approximate surface area is 130 Å². The topological polar surface area (TPSA) is 12.0 Å². The van der Waals surface area contributed by atoms with Gasteiger partial charge in [-0.05, 0) is 53.9 Å². The van der Waals surface area contributed by atoms with Gasteiger partial charge < -0.3 is 5.32 Å². The smallest absolute Gasteiger partial charge is 0.0485 e. The van der Waals surface area contributed by atoms with Crippen molar-refractivity contribution in [1.82, 2.24) is 0 Å². The third-order valence-corrected chi connectivity index (χ3v) is 4.32. The fraction of sp³-hybridized carbons (Fsp3) is 0.158. The second-order valence-corrected chi connectivity index (χ2v) is 5.79. The van der Waals surface area contributed by atoms with Crippen LogP contribution in [0.15, 0.2) is 60.7 Å². The summed E-state index contributed by atoms with van der Waals surface area (Å²) in [6, 6.07) is 21.2. The highest BCUT2D eigenvalue weighted by Gasteiger charge is 2.08. The lowest BCUT2D eigenvalue weighted by molar-refractivity contribution is 0.885. The Morgan fingerprint density at radius 2 is 1.67 bits per heavy atom. The molecule has 0 saturated heterocycles. The van der Waals surface area contributed by atoms with Gasteiger partial charge >= 0.3 is 0 Å². The van der Waals surface area contributed by atoms with E-state index in [1.807, 2.05) is 19.1 Å². The maximum atomic E-state index is 6.18. The van der Waals surface area contributed by atoms with Gasteiger partial charge in [-0.1, -0.05) is 54.1 Å². The van der Waals surface area contributed by atoms with E-state index in [4.69, 9.17) is 11.6 Å². The molecule has 21 heavy (non-hydrogen) atoms. The second kappa shape index (κ2) is 5.79. The molecule has 0 fully saturated rings. The van der Waals surface area contributed by atoms with Crippen molar-refractivity contribution in [3.63, 3.8) is 0 Å². The molecule has 0 aliphatic carbocycles. The molecule has 0 heterocycles. The lowest BCUT2D eigenvalue weighted by atomic mass is 10.0. The Balaban J connectivity index is 1.89. The first-order chi connectivity index (χ1) is 10.1. The molecule has 1 nitrogen and oxygen atoms in total. The number of nitrogens with one attached hydrogen (secondary N) is 1. The quantitative estimate of drug-likeness (QED) is 0.627. The predicted molar refractivity (Wildman–Crippen MR) is 92.2 cm³/mol. The van der Waals surface area contributed by atoms with Crippen molar-refractivity contribution >= 4 is 28.1 Å². The van der Waals surface area contributed by atoms with Crippen molar-refractivity contribution in [2.24, 2.45) is 0 Å². The van der Waals surface area contributed by atoms with Crippen LogP contribution in [0.4, 0.5) is 5.69 Å². The molecular formula is C19H18ClN. The second-order valence-electron chi connectivity index (χ2n) is 5.39. The van der Waals surface area contributed by atoms with E-state index < -0.39 is 0 Å². The maximum absolute atomic E-state index is 6.18. The van der Waals surface area contributed by atoms with Gasteiger partial charge in [-0.3, -0.25) is 0 Å². The highest BCUT2D eigenvalue weighted by molar-refractivity contribution is 6.31. The summed E-state index contributed by atoms with van der Waals surface area (Å²) in [6.45, 7) is 4.21. The maximum Gasteiger partial charge on any atom is 0.0485 e. The van der Waals surface area contributed by atoms with E-state index in [1.165, 1.54) is 16.3 Å². The van der Waals surface area contributed by atoms with Crippen molar-refractivity contribution in [2.75, 3.05) is 5.32 Å². The first kappa shape index (κ1) is 14.0. The molecule has 1 N–H and O–H groups in total. The number of fused-ring (bicyclic) bond motifs is 1. The number of rotatable bonds is 3. The summed E-state index contributed by atoms with van der Waals surface area (Å²) in [7, 11) is 0. The first-order valence-corrected chi connectivity index (χ1v) is 7.53. The van der Waals surface area contributed by atoms with E-state index in [0.717, 1.165) is 16.3 Å². The van der Waals surface area contributed by atoms with Crippen LogP contribution in [0.5, 0.6) is 0 Å². The van der Waals surface area contributed by atoms with E-state index >= 15 is 0 Å². The Bertz CT molecular complexity index is 779. The molecule has 0 spiro atoms. The average molecular weight is 296 g/mol. The molecule has 0 amide bonds. The lowest BCUT2D eigenvalue weighted by Crippen LogP contribution is -2.07. The van der Waals surface area contributed by atoms with Crippen molar-refractivity contribution in [3.8, 4) is 0 Å². The van der Waals surface area contributed by atoms with E-state index in [9.17, 15) is 0 Å². The molecule has 106 valence electrons. The molecule has 0 aromatic heterocycles. The summed E-state index contributed by atoms with van der Waals surface area (Å²) >= 11 is 6.18. The number of anilines is 1. The fourth-order valence-corrected chi connectivity index (χ4v) is 2.73. The van der Waals surface area contributed by atoms with Gasteiger partial charge in [-0.25, -0.2) is 0 Å². The summed E-state index contributed by atoms with van der Waals surface area (Å²) < 4.78 is 0. The molecule has 0 saturated carbocycles. The van der Waals surface area contributed by atoms with Crippen LogP contribution in [0.1, 0.15) is 24.1 Å². The minimum absolute atomic E-state index is 0.228. The van der Waals surface area contributed by atoms with Crippen LogP contribution >= 0.6 is 11.6 Å². The van der Waals surface area contributed by atoms with Gasteiger partial charge in [0.05, 0.1) is 0 Å². The van der Waals surface area contributed by atoms with Crippen molar-refractivity contribution in [3.05, 3.63) is 76.8 Å². The molecule has 1 atom stereocenters. The highest BCUT2D eigenvalue weighted by atomic mass is 35.5. The fourth-order valence-electron chi connectivity index (χ4n) is 2.56. The van der Waals surface area contributed by atoms with Crippen molar-refractivity contribution < 1.29 is 0 Å². The molecular weight excluding hydrogens is 278 g/mol. The molecule has 1 unspecified atom stereocenters. The molecule has 2 heteroatoms. The average Bonchev–Trinajstić information content (AvgIpc) is 2.51. The zero-order valence-corrected chi connectivity index (χ0v) is 13.0. The Morgan fingerprint density at radius 1 is 0.905 bits per heavy atom. The molecule has 3 aromatic carbocycles. The van der Waals surface area contributed by atoms with Gasteiger partial charge in [-0.2, -0.15) is 0 Å². The minimum Gasteiger partial charge on any atom is -0.378 e. The van der Waals surface area contributed by atoms with Crippen molar-refractivity contribution in [2.45, 2.75) is 19.9 Å². The number of hydrogen-bond acceptors (Lipinski definition) is 1. The first-order valence-electron chi connectivity index (χ1n) is 7.15. The molecule has 0 aliphatic heterocycles. The van der Waals surface area contributed by atoms with Gasteiger partial charge in [0.15, 0.2) is 0 Å². The third kappa shape index (κ3) is 2.88. The van der Waals surface area contributed by atoms with Crippen molar-refractivity contribution in [1.29, 1.82) is 0 Å². The highest BCUT2D eigenvalue weighted by Crippen LogP contribution is 2.28. The van der Waals surface area contributed by atoms with Crippen LogP contribution < -0.4 is 5.32 Å². The number of halogens is 1. The monoisotopic (exact) mass is 295 g/mol. The zero-order chi connectivity index (χ0) is 14.8. The summed E-state index contributed by atoms with van der Waals surface area (Å²) in [6.07, 6.45) is 0. The lowest BCUT2D eigenvalue weighted by Gasteiger charge is -2.18. The van der Waals surface area contributed by atoms with Crippen LogP contribution in [0.2, 0.25) is 5.02 Å². The van der Waals surface area contributed by atoms with Crippen LogP contribution in [-0.2, 0) is 0 Å². The summed E-state index contributed by atoms with van der Waals surface area (Å²) in [5.41, 5.74) is 3.45. The van der Waals surface area contributed by atoms with E-state index in [1.54, 1.807) is 0 Å². The zero-order valence-electron chi connectivity index (χ0n) is 12.2. The van der Waals surface area contributed by atoms with E-state index in [2.05, 4.69) is 60.8 Å². The summed E-state index contributed by atoms with van der Waals surface area (Å²) in [4.78, 5) is 0. The van der Waals surface area contributed by atoms with Gasteiger partial charge in [-0.15, -0.1) is 0 Å². The minimum atomic E-state index is 0.228. The predicted octanol–water partition coefficient (Wildman–Crippen LogP) is 5.97. The summed E-state index contributed by atoms with van der Waals surface area (Å²) in [5, 5.41) is 6.89. The number of hydrogen-bond donors (Lipinski definition) is 1. The molecule has 0 bridgehead atoms. The Kier molecular flexibility index (Phi) is 3.85. The van der Waals surface area contributed by atoms with Gasteiger partial charge in [0, 0.05) is 16.8 Å². The van der Waals surface area contributed by atoms with Crippen LogP contribution in [0.25, 0.3) is 10.8 Å². The van der Waals surface area contributed by atoms with E-state index in [0.29, 0.717) is 0 Å². The standard InChI is InChI=1S/C19H18ClN/c1-13-18(20)8-5-9-19(13)21-14(2)16-11-10-15-6-3-4-7-17(15)12-16/h3-12,14,21H,1-2H3. The summed E-state index contributed by atoms with van der Waals surface area (Å²) in [5.74, 6) is 0. The Hall–Kier alpha value is -1.99. The van der Waals surface area contributed by atoms with E-state index in [-0.39, 0.29) is 6.04 Å². The molecule has 0 radical (unpaired) electrons. The SMILES string of the molecule is Cc1c(Cl)cccc1NC(C)c1ccc2ccccc2c1. The van der Waals surface area contributed by atoms with Gasteiger partial charge in [0.1, 0.15) is 0 Å². The van der Waals surface area contributed by atoms with Crippen LogP contribution in [0, 0.1) is 6.92 Å². The van der Waals surface area contributed by atoms with Crippen LogP contribution in [-0.4, -0.2) is 0 Å². The Morgan fingerprint density at radius 3 is 2.48 bits per heavy atom. The van der Waals surface area contributed by atoms with Gasteiger partial charge in [0.2, 0.25) is 0 Å². The third-order valence-electron chi connectivity index (χ3n) is 3.91. The molecule has 3 rings (SSSR count). The van der Waals surface area contributed by atoms with Gasteiger partial charge in [0.25, 0.3) is 0 Å². The molecule has 0 aliphatic rings. The molecule has 3 aromatic rings.